The van der Waals surface area contributed by atoms with E-state index in [0.29, 0.717) is 0 Å². The number of carbonyl (C=O) groups excluding carboxylic acids is 3. The number of aromatic nitrogens is 2. The zero-order valence-corrected chi connectivity index (χ0v) is 16.2. The molecule has 13 nitrogen and oxygen atoms in total. The summed E-state index contributed by atoms with van der Waals surface area (Å²) >= 11 is 0. The third-order valence-electron chi connectivity index (χ3n) is 4.24. The van der Waals surface area contributed by atoms with Crippen LogP contribution in [0.1, 0.15) is 19.6 Å². The predicted octanol–water partition coefficient (Wildman–Crippen LogP) is -0.242. The van der Waals surface area contributed by atoms with Crippen LogP contribution in [-0.4, -0.2) is 64.8 Å². The van der Waals surface area contributed by atoms with E-state index in [4.69, 9.17) is 19.9 Å². The van der Waals surface area contributed by atoms with Gasteiger partial charge in [0.05, 0.1) is 0 Å². The highest BCUT2D eigenvalue weighted by Crippen LogP contribution is 2.37. The molecule has 32 heavy (non-hydrogen) atoms. The fraction of sp³-hybridized carbons (Fsp3) is 0.562. The Kier molecular flexibility index (Phi) is 6.54. The molecule has 5 atom stereocenters. The molecule has 1 aromatic heterocycles. The van der Waals surface area contributed by atoms with Gasteiger partial charge in [0.25, 0.3) is 0 Å². The highest BCUT2D eigenvalue weighted by molar-refractivity contribution is 5.75. The molecule has 3 rings (SSSR count). The number of nitrogens with two attached hydrogens (primary N) is 1. The van der Waals surface area contributed by atoms with E-state index in [9.17, 15) is 32.3 Å². The fourth-order valence-corrected chi connectivity index (χ4v) is 2.83. The van der Waals surface area contributed by atoms with Gasteiger partial charge in [0.1, 0.15) is 25.2 Å². The average molecular weight is 466 g/mol. The van der Waals surface area contributed by atoms with Gasteiger partial charge in [-0.05, 0) is 6.92 Å². The summed E-state index contributed by atoms with van der Waals surface area (Å²) in [6, 6.07) is 0.300. The maximum Gasteiger partial charge on any atom is 0.509 e. The van der Waals surface area contributed by atoms with Crippen molar-refractivity contribution in [3.8, 4) is 0 Å². The summed E-state index contributed by atoms with van der Waals surface area (Å²) in [5.74, 6) is -2.51. The summed E-state index contributed by atoms with van der Waals surface area (Å²) in [5, 5.41) is 0. The molecule has 0 aromatic carbocycles. The van der Waals surface area contributed by atoms with E-state index in [2.05, 4.69) is 20.0 Å². The Hall–Kier alpha value is -3.40. The number of carbonyl (C=O) groups is 3. The van der Waals surface area contributed by atoms with E-state index in [1.807, 2.05) is 0 Å². The van der Waals surface area contributed by atoms with Crippen molar-refractivity contribution in [3.63, 3.8) is 0 Å². The van der Waals surface area contributed by atoms with Crippen LogP contribution in [0.25, 0.3) is 0 Å². The standard InChI is InChI=1S/C16H17F3N4O9/c1-6(20)13(25)32-22-8-2-3-23(14(26)21-8)12-11-10(30-15(27)31-11)7(29-12)5-28-9(24)4-16(17,18)19/h2-3,6-7,10-12H,4-5,20H2,1H3,(H,21,22,26)/t6-,7+,10+,11+,12+/m0/s1. The van der Waals surface area contributed by atoms with E-state index in [1.54, 1.807) is 0 Å². The normalized spacial score (nSPS) is 25.3. The van der Waals surface area contributed by atoms with Gasteiger partial charge in [-0.25, -0.2) is 19.9 Å². The SMILES string of the molecule is C[C@H](N)C(=O)ONc1ccn([C@@H]2O[C@H](COC(=O)CC(F)(F)F)[C@H]3OC(=O)O[C@H]32)c(=O)n1. The molecule has 2 aliphatic rings. The van der Waals surface area contributed by atoms with Crippen molar-refractivity contribution in [2.75, 3.05) is 12.1 Å². The Morgan fingerprint density at radius 3 is 2.62 bits per heavy atom. The van der Waals surface area contributed by atoms with Gasteiger partial charge in [0, 0.05) is 12.3 Å². The number of fused-ring (bicyclic) bond motifs is 1. The molecule has 0 saturated carbocycles. The molecule has 0 spiro atoms. The summed E-state index contributed by atoms with van der Waals surface area (Å²) in [6.07, 6.45) is -11.3. The largest absolute Gasteiger partial charge is 0.509 e. The number of hydrogen-bond acceptors (Lipinski definition) is 12. The van der Waals surface area contributed by atoms with Crippen molar-refractivity contribution in [1.29, 1.82) is 0 Å². The number of esters is 1. The second kappa shape index (κ2) is 8.99. The third kappa shape index (κ3) is 5.44. The van der Waals surface area contributed by atoms with Crippen LogP contribution in [-0.2, 0) is 33.4 Å². The summed E-state index contributed by atoms with van der Waals surface area (Å²) in [7, 11) is 0. The Bertz CT molecular complexity index is 951. The van der Waals surface area contributed by atoms with Crippen LogP contribution in [0, 0.1) is 0 Å². The molecule has 0 unspecified atom stereocenters. The minimum atomic E-state index is -4.76. The zero-order valence-electron chi connectivity index (χ0n) is 16.2. The minimum Gasteiger partial charge on any atom is -0.463 e. The Balaban J connectivity index is 1.69. The van der Waals surface area contributed by atoms with Gasteiger partial charge in [0.2, 0.25) is 0 Å². The molecule has 176 valence electrons. The van der Waals surface area contributed by atoms with Crippen LogP contribution in [0.2, 0.25) is 0 Å². The number of rotatable bonds is 7. The van der Waals surface area contributed by atoms with E-state index < -0.39 is 73.6 Å². The number of anilines is 1. The quantitative estimate of drug-likeness (QED) is 0.307. The first-order valence-corrected chi connectivity index (χ1v) is 9.01. The smallest absolute Gasteiger partial charge is 0.463 e. The van der Waals surface area contributed by atoms with Gasteiger partial charge >= 0.3 is 30.0 Å². The van der Waals surface area contributed by atoms with Crippen LogP contribution in [0.3, 0.4) is 0 Å². The second-order valence-electron chi connectivity index (χ2n) is 6.77. The molecule has 2 aliphatic heterocycles. The van der Waals surface area contributed by atoms with Gasteiger partial charge in [-0.15, -0.1) is 0 Å². The molecule has 3 heterocycles. The Morgan fingerprint density at radius 1 is 1.31 bits per heavy atom. The number of halogens is 3. The lowest BCUT2D eigenvalue weighted by Gasteiger charge is -2.18. The zero-order chi connectivity index (χ0) is 23.6. The van der Waals surface area contributed by atoms with Gasteiger partial charge in [-0.3, -0.25) is 9.36 Å². The summed E-state index contributed by atoms with van der Waals surface area (Å²) in [6.45, 7) is 0.698. The minimum absolute atomic E-state index is 0.146. The first kappa shape index (κ1) is 23.3. The molecular weight excluding hydrogens is 449 g/mol. The van der Waals surface area contributed by atoms with Crippen molar-refractivity contribution in [2.45, 2.75) is 50.1 Å². The van der Waals surface area contributed by atoms with E-state index >= 15 is 0 Å². The third-order valence-corrected chi connectivity index (χ3v) is 4.24. The molecule has 0 amide bonds. The van der Waals surface area contributed by atoms with Crippen LogP contribution >= 0.6 is 0 Å². The van der Waals surface area contributed by atoms with Gasteiger partial charge in [-0.1, -0.05) is 0 Å². The van der Waals surface area contributed by atoms with Crippen LogP contribution in [0.4, 0.5) is 23.8 Å². The van der Waals surface area contributed by atoms with Crippen molar-refractivity contribution in [1.82, 2.24) is 9.55 Å². The highest BCUT2D eigenvalue weighted by atomic mass is 19.4. The molecule has 16 heteroatoms. The molecule has 1 aromatic rings. The molecule has 3 N–H and O–H groups in total. The molecule has 0 bridgehead atoms. The summed E-state index contributed by atoms with van der Waals surface area (Å²) in [4.78, 5) is 54.8. The molecule has 0 radical (unpaired) electrons. The summed E-state index contributed by atoms with van der Waals surface area (Å²) < 4.78 is 57.7. The number of hydrogen-bond donors (Lipinski definition) is 2. The number of ether oxygens (including phenoxy) is 4. The van der Waals surface area contributed by atoms with Gasteiger partial charge in [0.15, 0.2) is 24.3 Å². The van der Waals surface area contributed by atoms with Gasteiger partial charge < -0.3 is 29.5 Å². The highest BCUT2D eigenvalue weighted by Gasteiger charge is 2.55. The van der Waals surface area contributed by atoms with E-state index in [1.165, 1.54) is 19.2 Å². The monoisotopic (exact) mass is 466 g/mol. The lowest BCUT2D eigenvalue weighted by Crippen LogP contribution is -2.35. The van der Waals surface area contributed by atoms with E-state index in [0.717, 1.165) is 4.57 Å². The average Bonchev–Trinajstić information content (AvgIpc) is 3.21. The number of nitrogens with one attached hydrogen (secondary N) is 1. The van der Waals surface area contributed by atoms with Crippen LogP contribution in [0.15, 0.2) is 17.1 Å². The fourth-order valence-electron chi connectivity index (χ4n) is 2.83. The first-order chi connectivity index (χ1) is 14.9. The van der Waals surface area contributed by atoms with Crippen LogP contribution < -0.4 is 16.9 Å². The Labute approximate surface area is 176 Å². The number of nitrogens with zero attached hydrogens (tertiary/aromatic N) is 2. The number of alkyl halides is 3. The van der Waals surface area contributed by atoms with Crippen molar-refractivity contribution < 1.29 is 51.3 Å². The van der Waals surface area contributed by atoms with Crippen LogP contribution in [0.5, 0.6) is 0 Å². The molecule has 2 saturated heterocycles. The van der Waals surface area contributed by atoms with E-state index in [-0.39, 0.29) is 5.82 Å². The first-order valence-electron chi connectivity index (χ1n) is 9.01. The Morgan fingerprint density at radius 2 is 2.00 bits per heavy atom. The van der Waals surface area contributed by atoms with Crippen molar-refractivity contribution in [3.05, 3.63) is 22.7 Å². The van der Waals surface area contributed by atoms with Crippen molar-refractivity contribution >= 4 is 23.9 Å². The maximum absolute atomic E-state index is 12.4. The molecular formula is C16H17F3N4O9. The lowest BCUT2D eigenvalue weighted by molar-refractivity contribution is -0.175. The predicted molar refractivity (Wildman–Crippen MR) is 92.5 cm³/mol. The second-order valence-corrected chi connectivity index (χ2v) is 6.77. The topological polar surface area (TPSA) is 170 Å². The van der Waals surface area contributed by atoms with Gasteiger partial charge in [-0.2, -0.15) is 18.2 Å². The lowest BCUT2D eigenvalue weighted by atomic mass is 10.1. The van der Waals surface area contributed by atoms with Crippen molar-refractivity contribution in [2.24, 2.45) is 5.73 Å². The molecule has 2 fully saturated rings. The molecule has 0 aliphatic carbocycles. The maximum atomic E-state index is 12.4. The summed E-state index contributed by atoms with van der Waals surface area (Å²) in [5.41, 5.74) is 6.55.